The van der Waals surface area contributed by atoms with E-state index in [1.165, 1.54) is 0 Å². The molecule has 1 rings (SSSR count). The van der Waals surface area contributed by atoms with E-state index in [2.05, 4.69) is 11.8 Å². The maximum atomic E-state index is 11.3. The van der Waals surface area contributed by atoms with Gasteiger partial charge in [-0.2, -0.15) is 11.8 Å². The minimum atomic E-state index is 0.306. The first kappa shape index (κ1) is 8.67. The van der Waals surface area contributed by atoms with Crippen LogP contribution in [0, 0.1) is 17.8 Å². The first-order valence-electron chi connectivity index (χ1n) is 3.84. The van der Waals surface area contributed by atoms with Crippen molar-refractivity contribution in [2.24, 2.45) is 5.92 Å². The third-order valence-corrected chi connectivity index (χ3v) is 2.99. The van der Waals surface area contributed by atoms with E-state index in [9.17, 15) is 4.79 Å². The lowest BCUT2D eigenvalue weighted by atomic mass is 10.0. The molecule has 0 aromatic carbocycles. The molecule has 0 amide bonds. The van der Waals surface area contributed by atoms with E-state index in [0.717, 1.165) is 17.9 Å². The Labute approximate surface area is 71.9 Å². The van der Waals surface area contributed by atoms with Gasteiger partial charge in [0.25, 0.3) is 0 Å². The van der Waals surface area contributed by atoms with Crippen molar-refractivity contribution in [3.8, 4) is 11.8 Å². The summed E-state index contributed by atoms with van der Waals surface area (Å²) in [7, 11) is 0. The van der Waals surface area contributed by atoms with Gasteiger partial charge in [-0.05, 0) is 19.1 Å². The molecule has 1 atom stereocenters. The summed E-state index contributed by atoms with van der Waals surface area (Å²) in [4.78, 5) is 11.3. The SMILES string of the molecule is CC#CCC(=O)C1CCSC1. The average molecular weight is 168 g/mol. The van der Waals surface area contributed by atoms with Gasteiger partial charge in [-0.3, -0.25) is 4.79 Å². The summed E-state index contributed by atoms with van der Waals surface area (Å²) < 4.78 is 0. The van der Waals surface area contributed by atoms with Gasteiger partial charge in [0.2, 0.25) is 0 Å². The molecule has 1 heterocycles. The molecule has 0 N–H and O–H groups in total. The lowest BCUT2D eigenvalue weighted by Crippen LogP contribution is -2.12. The fraction of sp³-hybridized carbons (Fsp3) is 0.667. The van der Waals surface area contributed by atoms with Crippen LogP contribution in [0.4, 0.5) is 0 Å². The Hall–Kier alpha value is -0.420. The number of rotatable bonds is 2. The lowest BCUT2D eigenvalue weighted by Gasteiger charge is -2.01. The van der Waals surface area contributed by atoms with Crippen LogP contribution in [-0.2, 0) is 4.79 Å². The molecule has 1 unspecified atom stereocenters. The fourth-order valence-electron chi connectivity index (χ4n) is 1.11. The molecule has 0 bridgehead atoms. The van der Waals surface area contributed by atoms with Crippen molar-refractivity contribution >= 4 is 17.5 Å². The van der Waals surface area contributed by atoms with Crippen LogP contribution in [0.5, 0.6) is 0 Å². The molecule has 0 spiro atoms. The number of Topliss-reactive ketones (excluding diaryl/α,β-unsaturated/α-hetero) is 1. The summed E-state index contributed by atoms with van der Waals surface area (Å²) in [5, 5.41) is 0. The van der Waals surface area contributed by atoms with E-state index in [0.29, 0.717) is 18.1 Å². The molecule has 1 nitrogen and oxygen atoms in total. The zero-order valence-electron chi connectivity index (χ0n) is 6.72. The van der Waals surface area contributed by atoms with Crippen LogP contribution < -0.4 is 0 Å². The number of hydrogen-bond donors (Lipinski definition) is 0. The van der Waals surface area contributed by atoms with Gasteiger partial charge in [0, 0.05) is 11.7 Å². The monoisotopic (exact) mass is 168 g/mol. The van der Waals surface area contributed by atoms with Crippen LogP contribution in [-0.4, -0.2) is 17.3 Å². The number of thioether (sulfide) groups is 1. The molecule has 2 heteroatoms. The van der Waals surface area contributed by atoms with Gasteiger partial charge in [0.15, 0.2) is 0 Å². The second-order valence-electron chi connectivity index (χ2n) is 2.63. The molecule has 0 aromatic rings. The van der Waals surface area contributed by atoms with E-state index in [1.54, 1.807) is 6.92 Å². The largest absolute Gasteiger partial charge is 0.298 e. The van der Waals surface area contributed by atoms with E-state index in [-0.39, 0.29) is 0 Å². The molecule has 0 radical (unpaired) electrons. The summed E-state index contributed by atoms with van der Waals surface area (Å²) in [5.41, 5.74) is 0. The van der Waals surface area contributed by atoms with Crippen molar-refractivity contribution in [1.29, 1.82) is 0 Å². The molecule has 1 aliphatic rings. The Balaban J connectivity index is 2.32. The van der Waals surface area contributed by atoms with Crippen LogP contribution in [0.1, 0.15) is 19.8 Å². The van der Waals surface area contributed by atoms with Crippen LogP contribution >= 0.6 is 11.8 Å². The van der Waals surface area contributed by atoms with Crippen molar-refractivity contribution in [1.82, 2.24) is 0 Å². The molecule has 0 saturated carbocycles. The second kappa shape index (κ2) is 4.46. The zero-order chi connectivity index (χ0) is 8.10. The maximum absolute atomic E-state index is 11.3. The molecule has 1 fully saturated rings. The predicted molar refractivity (Wildman–Crippen MR) is 48.5 cm³/mol. The van der Waals surface area contributed by atoms with Gasteiger partial charge in [-0.15, -0.1) is 5.92 Å². The standard InChI is InChI=1S/C9H12OS/c1-2-3-4-9(10)8-5-6-11-7-8/h8H,4-7H2,1H3. The zero-order valence-corrected chi connectivity index (χ0v) is 7.54. The Morgan fingerprint density at radius 3 is 3.09 bits per heavy atom. The Kier molecular flexibility index (Phi) is 3.51. The first-order chi connectivity index (χ1) is 5.34. The summed E-state index contributed by atoms with van der Waals surface area (Å²) in [6, 6.07) is 0. The molecule has 0 aromatic heterocycles. The van der Waals surface area contributed by atoms with E-state index >= 15 is 0 Å². The Bertz CT molecular complexity index is 193. The topological polar surface area (TPSA) is 17.1 Å². The third kappa shape index (κ3) is 2.59. The summed E-state index contributed by atoms with van der Waals surface area (Å²) in [5.74, 6) is 8.37. The molecule has 11 heavy (non-hydrogen) atoms. The normalized spacial score (nSPS) is 22.5. The molecule has 0 aliphatic carbocycles. The Morgan fingerprint density at radius 1 is 1.73 bits per heavy atom. The van der Waals surface area contributed by atoms with E-state index < -0.39 is 0 Å². The highest BCUT2D eigenvalue weighted by molar-refractivity contribution is 7.99. The minimum Gasteiger partial charge on any atom is -0.298 e. The third-order valence-electron chi connectivity index (χ3n) is 1.82. The van der Waals surface area contributed by atoms with Crippen molar-refractivity contribution in [3.05, 3.63) is 0 Å². The molecular formula is C9H12OS. The average Bonchev–Trinajstić information content (AvgIpc) is 2.52. The molecule has 1 aliphatic heterocycles. The van der Waals surface area contributed by atoms with Gasteiger partial charge in [-0.1, -0.05) is 5.92 Å². The quantitative estimate of drug-likeness (QED) is 0.584. The fourth-order valence-corrected chi connectivity index (χ4v) is 2.36. The number of ketones is 1. The van der Waals surface area contributed by atoms with Gasteiger partial charge < -0.3 is 0 Å². The highest BCUT2D eigenvalue weighted by Crippen LogP contribution is 2.24. The molecule has 60 valence electrons. The highest BCUT2D eigenvalue weighted by atomic mass is 32.2. The minimum absolute atomic E-state index is 0.306. The highest BCUT2D eigenvalue weighted by Gasteiger charge is 2.21. The van der Waals surface area contributed by atoms with Crippen molar-refractivity contribution in [2.75, 3.05) is 11.5 Å². The van der Waals surface area contributed by atoms with Gasteiger partial charge in [0.1, 0.15) is 5.78 Å². The van der Waals surface area contributed by atoms with Crippen LogP contribution in [0.3, 0.4) is 0 Å². The maximum Gasteiger partial charge on any atom is 0.148 e. The van der Waals surface area contributed by atoms with E-state index in [1.807, 2.05) is 11.8 Å². The van der Waals surface area contributed by atoms with Crippen molar-refractivity contribution < 1.29 is 4.79 Å². The summed E-state index contributed by atoms with van der Waals surface area (Å²) >= 11 is 1.87. The van der Waals surface area contributed by atoms with Gasteiger partial charge in [0.05, 0.1) is 6.42 Å². The van der Waals surface area contributed by atoms with Crippen molar-refractivity contribution in [3.63, 3.8) is 0 Å². The van der Waals surface area contributed by atoms with Crippen LogP contribution in [0.2, 0.25) is 0 Å². The molecule has 1 saturated heterocycles. The van der Waals surface area contributed by atoms with E-state index in [4.69, 9.17) is 0 Å². The van der Waals surface area contributed by atoms with Crippen LogP contribution in [0.15, 0.2) is 0 Å². The molecular weight excluding hydrogens is 156 g/mol. The number of carbonyl (C=O) groups is 1. The summed E-state index contributed by atoms with van der Waals surface area (Å²) in [6.07, 6.45) is 1.52. The smallest absolute Gasteiger partial charge is 0.148 e. The first-order valence-corrected chi connectivity index (χ1v) is 5.00. The van der Waals surface area contributed by atoms with Gasteiger partial charge in [-0.25, -0.2) is 0 Å². The predicted octanol–water partition coefficient (Wildman–Crippen LogP) is 1.72. The van der Waals surface area contributed by atoms with Crippen LogP contribution in [0.25, 0.3) is 0 Å². The summed E-state index contributed by atoms with van der Waals surface area (Å²) in [6.45, 7) is 1.77. The van der Waals surface area contributed by atoms with Crippen molar-refractivity contribution in [2.45, 2.75) is 19.8 Å². The second-order valence-corrected chi connectivity index (χ2v) is 3.78. The number of hydrogen-bond acceptors (Lipinski definition) is 2. The Morgan fingerprint density at radius 2 is 2.55 bits per heavy atom. The lowest BCUT2D eigenvalue weighted by molar-refractivity contribution is -0.121. The number of carbonyl (C=O) groups excluding carboxylic acids is 1. The van der Waals surface area contributed by atoms with Gasteiger partial charge >= 0.3 is 0 Å².